The van der Waals surface area contributed by atoms with Gasteiger partial charge < -0.3 is 10.1 Å². The van der Waals surface area contributed by atoms with Crippen molar-refractivity contribution in [3.63, 3.8) is 0 Å². The van der Waals surface area contributed by atoms with E-state index in [4.69, 9.17) is 10.00 Å². The third kappa shape index (κ3) is 3.94. The Bertz CT molecular complexity index is 685. The Morgan fingerprint density at radius 3 is 2.86 bits per heavy atom. The minimum atomic E-state index is -0.392. The second-order valence-corrected chi connectivity index (χ2v) is 5.21. The number of carbonyl (C=O) groups excluding carboxylic acids is 1. The number of hydrogen-bond donors (Lipinski definition) is 1. The summed E-state index contributed by atoms with van der Waals surface area (Å²) in [5, 5.41) is 13.8. The molecule has 0 aliphatic rings. The van der Waals surface area contributed by atoms with Gasteiger partial charge in [0.05, 0.1) is 13.7 Å². The van der Waals surface area contributed by atoms with Gasteiger partial charge in [-0.25, -0.2) is 0 Å². The van der Waals surface area contributed by atoms with Crippen molar-refractivity contribution in [1.82, 2.24) is 5.32 Å². The van der Waals surface area contributed by atoms with Crippen LogP contribution in [0.15, 0.2) is 47.4 Å². The van der Waals surface area contributed by atoms with Crippen LogP contribution in [-0.4, -0.2) is 13.0 Å². The Kier molecular flexibility index (Phi) is 5.13. The van der Waals surface area contributed by atoms with Crippen LogP contribution in [0.5, 0.6) is 5.75 Å². The van der Waals surface area contributed by atoms with Crippen LogP contribution >= 0.6 is 11.3 Å². The molecule has 2 rings (SSSR count). The van der Waals surface area contributed by atoms with Gasteiger partial charge in [-0.15, -0.1) is 11.3 Å². The molecule has 4 nitrogen and oxygen atoms in total. The molecule has 0 saturated carbocycles. The third-order valence-corrected chi connectivity index (χ3v) is 3.68. The van der Waals surface area contributed by atoms with E-state index in [2.05, 4.69) is 5.32 Å². The number of nitriles is 1. The number of para-hydroxylation sites is 1. The first-order valence-electron chi connectivity index (χ1n) is 6.30. The summed E-state index contributed by atoms with van der Waals surface area (Å²) in [6, 6.07) is 13.0. The fourth-order valence-electron chi connectivity index (χ4n) is 1.77. The maximum atomic E-state index is 12.0. The summed E-state index contributed by atoms with van der Waals surface area (Å²) >= 11 is 1.56. The highest BCUT2D eigenvalue weighted by Gasteiger charge is 2.10. The average Bonchev–Trinajstić information content (AvgIpc) is 3.04. The van der Waals surface area contributed by atoms with Crippen molar-refractivity contribution in [1.29, 1.82) is 5.26 Å². The smallest absolute Gasteiger partial charge is 0.262 e. The van der Waals surface area contributed by atoms with E-state index in [1.54, 1.807) is 30.6 Å². The predicted molar refractivity (Wildman–Crippen MR) is 82.7 cm³/mol. The molecule has 106 valence electrons. The van der Waals surface area contributed by atoms with Crippen LogP contribution in [0.4, 0.5) is 0 Å². The van der Waals surface area contributed by atoms with Crippen molar-refractivity contribution in [2.24, 2.45) is 0 Å². The van der Waals surface area contributed by atoms with Crippen molar-refractivity contribution in [2.75, 3.05) is 7.11 Å². The van der Waals surface area contributed by atoms with E-state index < -0.39 is 5.91 Å². The van der Waals surface area contributed by atoms with E-state index in [1.807, 2.05) is 35.7 Å². The first kappa shape index (κ1) is 14.8. The van der Waals surface area contributed by atoms with Crippen LogP contribution in [0.1, 0.15) is 10.4 Å². The second-order valence-electron chi connectivity index (χ2n) is 4.17. The largest absolute Gasteiger partial charge is 0.496 e. The number of rotatable bonds is 5. The van der Waals surface area contributed by atoms with Crippen molar-refractivity contribution in [3.05, 3.63) is 57.8 Å². The summed E-state index contributed by atoms with van der Waals surface area (Å²) in [6.45, 7) is 0.418. The average molecular weight is 298 g/mol. The molecule has 21 heavy (non-hydrogen) atoms. The standard InChI is InChI=1S/C16H14N2O2S/c1-20-15-7-3-2-5-12(15)9-13(10-17)16(19)18-11-14-6-4-8-21-14/h2-9H,11H2,1H3,(H,18,19)/b13-9+. The van der Waals surface area contributed by atoms with Crippen molar-refractivity contribution in [3.8, 4) is 11.8 Å². The number of amides is 1. The zero-order valence-corrected chi connectivity index (χ0v) is 12.3. The summed E-state index contributed by atoms with van der Waals surface area (Å²) in [7, 11) is 1.55. The van der Waals surface area contributed by atoms with Gasteiger partial charge in [-0.2, -0.15) is 5.26 Å². The Balaban J connectivity index is 2.13. The van der Waals surface area contributed by atoms with Gasteiger partial charge in [0.25, 0.3) is 5.91 Å². The van der Waals surface area contributed by atoms with Crippen LogP contribution < -0.4 is 10.1 Å². The van der Waals surface area contributed by atoms with Gasteiger partial charge in [0.2, 0.25) is 0 Å². The minimum Gasteiger partial charge on any atom is -0.496 e. The van der Waals surface area contributed by atoms with Gasteiger partial charge in [0.1, 0.15) is 17.4 Å². The fraction of sp³-hybridized carbons (Fsp3) is 0.125. The van der Waals surface area contributed by atoms with Gasteiger partial charge in [0.15, 0.2) is 0 Å². The Morgan fingerprint density at radius 2 is 2.19 bits per heavy atom. The molecule has 0 radical (unpaired) electrons. The van der Waals surface area contributed by atoms with Crippen molar-refractivity contribution in [2.45, 2.75) is 6.54 Å². The summed E-state index contributed by atoms with van der Waals surface area (Å²) < 4.78 is 5.21. The van der Waals surface area contributed by atoms with Crippen LogP contribution in [0.2, 0.25) is 0 Å². The quantitative estimate of drug-likeness (QED) is 0.682. The first-order valence-corrected chi connectivity index (χ1v) is 7.18. The molecule has 0 atom stereocenters. The van der Waals surface area contributed by atoms with E-state index in [0.717, 1.165) is 4.88 Å². The molecule has 5 heteroatoms. The molecule has 0 aliphatic heterocycles. The zero-order valence-electron chi connectivity index (χ0n) is 11.5. The van der Waals surface area contributed by atoms with Crippen LogP contribution in [0.3, 0.4) is 0 Å². The summed E-state index contributed by atoms with van der Waals surface area (Å²) in [5.74, 6) is 0.230. The number of hydrogen-bond acceptors (Lipinski definition) is 4. The molecule has 1 aromatic heterocycles. The van der Waals surface area contributed by atoms with Gasteiger partial charge >= 0.3 is 0 Å². The van der Waals surface area contributed by atoms with E-state index in [0.29, 0.717) is 17.9 Å². The number of ether oxygens (including phenoxy) is 1. The Morgan fingerprint density at radius 1 is 1.38 bits per heavy atom. The number of nitrogens with one attached hydrogen (secondary N) is 1. The Hall–Kier alpha value is -2.58. The van der Waals surface area contributed by atoms with Gasteiger partial charge in [-0.1, -0.05) is 24.3 Å². The molecule has 1 N–H and O–H groups in total. The minimum absolute atomic E-state index is 0.0519. The van der Waals surface area contributed by atoms with E-state index >= 15 is 0 Å². The predicted octanol–water partition coefficient (Wildman–Crippen LogP) is 2.98. The number of nitrogens with zero attached hydrogens (tertiary/aromatic N) is 1. The molecule has 1 aromatic carbocycles. The molecule has 2 aromatic rings. The highest BCUT2D eigenvalue weighted by molar-refractivity contribution is 7.09. The van der Waals surface area contributed by atoms with Gasteiger partial charge in [0, 0.05) is 10.4 Å². The SMILES string of the molecule is COc1ccccc1/C=C(\C#N)C(=O)NCc1cccs1. The molecule has 1 amide bonds. The normalized spacial score (nSPS) is 10.8. The van der Waals surface area contributed by atoms with E-state index in [9.17, 15) is 4.79 Å². The maximum Gasteiger partial charge on any atom is 0.262 e. The van der Waals surface area contributed by atoms with Gasteiger partial charge in [-0.3, -0.25) is 4.79 Å². The fourth-order valence-corrected chi connectivity index (χ4v) is 2.41. The molecule has 0 spiro atoms. The van der Waals surface area contributed by atoms with Gasteiger partial charge in [-0.05, 0) is 23.6 Å². The van der Waals surface area contributed by atoms with Crippen LogP contribution in [-0.2, 0) is 11.3 Å². The highest BCUT2D eigenvalue weighted by Crippen LogP contribution is 2.20. The summed E-state index contributed by atoms with van der Waals surface area (Å²) in [5.41, 5.74) is 0.749. The lowest BCUT2D eigenvalue weighted by Crippen LogP contribution is -2.23. The molecule has 0 fully saturated rings. The van der Waals surface area contributed by atoms with E-state index in [1.165, 1.54) is 6.08 Å². The van der Waals surface area contributed by atoms with Crippen molar-refractivity contribution >= 4 is 23.3 Å². The first-order chi connectivity index (χ1) is 10.2. The lowest BCUT2D eigenvalue weighted by atomic mass is 10.1. The monoisotopic (exact) mass is 298 g/mol. The summed E-state index contributed by atoms with van der Waals surface area (Å²) in [6.07, 6.45) is 1.53. The third-order valence-electron chi connectivity index (χ3n) is 2.81. The highest BCUT2D eigenvalue weighted by atomic mass is 32.1. The second kappa shape index (κ2) is 7.27. The molecule has 1 heterocycles. The molecular formula is C16H14N2O2S. The van der Waals surface area contributed by atoms with Crippen LogP contribution in [0.25, 0.3) is 6.08 Å². The lowest BCUT2D eigenvalue weighted by molar-refractivity contribution is -0.117. The van der Waals surface area contributed by atoms with E-state index in [-0.39, 0.29) is 5.57 Å². The Labute approximate surface area is 127 Å². The number of benzene rings is 1. The maximum absolute atomic E-state index is 12.0. The lowest BCUT2D eigenvalue weighted by Gasteiger charge is -2.05. The molecule has 0 bridgehead atoms. The number of carbonyl (C=O) groups is 1. The zero-order chi connectivity index (χ0) is 15.1. The molecule has 0 unspecified atom stereocenters. The number of thiophene rings is 1. The summed E-state index contributed by atoms with van der Waals surface area (Å²) in [4.78, 5) is 13.1. The molecular weight excluding hydrogens is 284 g/mol. The molecule has 0 aliphatic carbocycles. The molecule has 0 saturated heterocycles. The van der Waals surface area contributed by atoms with Crippen molar-refractivity contribution < 1.29 is 9.53 Å². The van der Waals surface area contributed by atoms with Crippen LogP contribution in [0, 0.1) is 11.3 Å². The topological polar surface area (TPSA) is 62.1 Å². The number of methoxy groups -OCH3 is 1.